The third kappa shape index (κ3) is 5.49. The first-order valence-electron chi connectivity index (χ1n) is 13.3. The molecule has 41 heavy (non-hydrogen) atoms. The van der Waals surface area contributed by atoms with E-state index in [0.29, 0.717) is 17.8 Å². The number of hydrogen-bond acceptors (Lipinski definition) is 6. The highest BCUT2D eigenvalue weighted by Crippen LogP contribution is 2.52. The fourth-order valence-electron chi connectivity index (χ4n) is 6.23. The van der Waals surface area contributed by atoms with Crippen molar-refractivity contribution >= 4 is 17.6 Å². The van der Waals surface area contributed by atoms with Crippen LogP contribution in [0.15, 0.2) is 107 Å². The van der Waals surface area contributed by atoms with E-state index in [0.717, 1.165) is 11.1 Å². The van der Waals surface area contributed by atoms with Crippen molar-refractivity contribution in [1.29, 1.82) is 0 Å². The molecule has 0 unspecified atom stereocenters. The topological polar surface area (TPSA) is 147 Å². The Bertz CT molecular complexity index is 1440. The molecule has 3 aromatic carbocycles. The van der Waals surface area contributed by atoms with Crippen molar-refractivity contribution in [3.8, 4) is 0 Å². The molecule has 0 atom stereocenters. The summed E-state index contributed by atoms with van der Waals surface area (Å²) in [5, 5.41) is 33.2. The zero-order chi connectivity index (χ0) is 29.7. The fourth-order valence-corrected chi connectivity index (χ4v) is 6.23. The second kappa shape index (κ2) is 12.2. The summed E-state index contributed by atoms with van der Waals surface area (Å²) in [6.07, 6.45) is 0.429. The summed E-state index contributed by atoms with van der Waals surface area (Å²) in [7, 11) is 0. The van der Waals surface area contributed by atoms with Crippen LogP contribution in [-0.4, -0.2) is 45.1 Å². The Morgan fingerprint density at radius 2 is 1.39 bits per heavy atom. The number of carboxylic acids is 2. The van der Waals surface area contributed by atoms with Crippen LogP contribution in [0.5, 0.6) is 0 Å². The van der Waals surface area contributed by atoms with Crippen LogP contribution in [0.1, 0.15) is 49.3 Å². The molecule has 4 N–H and O–H groups in total. The number of nitrogens with two attached hydrogens (primary N) is 1. The van der Waals surface area contributed by atoms with Crippen LogP contribution < -0.4 is 5.73 Å². The molecule has 3 aromatic rings. The van der Waals surface area contributed by atoms with Gasteiger partial charge >= 0.3 is 11.9 Å². The summed E-state index contributed by atoms with van der Waals surface area (Å²) in [4.78, 5) is 39.1. The maximum Gasteiger partial charge on any atom is 0.334 e. The molecule has 9 heteroatoms. The number of carboxylic acid groups (broad SMARTS) is 2. The van der Waals surface area contributed by atoms with Crippen molar-refractivity contribution < 1.29 is 24.7 Å². The van der Waals surface area contributed by atoms with Gasteiger partial charge in [-0.25, -0.2) is 9.59 Å². The normalized spacial score (nSPS) is 14.9. The number of rotatable bonds is 11. The first-order valence-corrected chi connectivity index (χ1v) is 13.3. The number of nitro groups is 1. The number of carbonyl (C=O) groups is 2. The molecule has 1 aliphatic rings. The van der Waals surface area contributed by atoms with Gasteiger partial charge in [0, 0.05) is 42.5 Å². The van der Waals surface area contributed by atoms with E-state index in [9.17, 15) is 29.9 Å². The molecule has 1 aliphatic heterocycles. The quantitative estimate of drug-likeness (QED) is 0.209. The average molecular weight is 556 g/mol. The molecule has 212 valence electrons. The van der Waals surface area contributed by atoms with Crippen molar-refractivity contribution in [2.45, 2.75) is 38.0 Å². The Labute approximate surface area is 238 Å². The van der Waals surface area contributed by atoms with Gasteiger partial charge in [-0.1, -0.05) is 72.8 Å². The zero-order valence-electron chi connectivity index (χ0n) is 23.0. The van der Waals surface area contributed by atoms with E-state index in [2.05, 4.69) is 0 Å². The highest BCUT2D eigenvalue weighted by atomic mass is 16.6. The lowest BCUT2D eigenvalue weighted by Crippen LogP contribution is -2.47. The second-order valence-electron chi connectivity index (χ2n) is 10.1. The third-order valence-electron chi connectivity index (χ3n) is 7.93. The first-order chi connectivity index (χ1) is 19.6. The molecule has 1 heterocycles. The molecule has 0 aliphatic carbocycles. The summed E-state index contributed by atoms with van der Waals surface area (Å²) in [6.45, 7) is 3.66. The number of benzene rings is 3. The van der Waals surface area contributed by atoms with Crippen molar-refractivity contribution in [2.24, 2.45) is 5.73 Å². The first kappa shape index (κ1) is 29.2. The van der Waals surface area contributed by atoms with Crippen LogP contribution in [0.4, 0.5) is 5.69 Å². The number of hydrogen-bond donors (Lipinski definition) is 3. The molecule has 0 saturated carbocycles. The molecule has 0 spiro atoms. The highest BCUT2D eigenvalue weighted by Gasteiger charge is 2.52. The van der Waals surface area contributed by atoms with E-state index in [4.69, 9.17) is 5.73 Å². The predicted molar refractivity (Wildman–Crippen MR) is 155 cm³/mol. The van der Waals surface area contributed by atoms with Gasteiger partial charge in [0.05, 0.1) is 21.5 Å². The molecule has 0 amide bonds. The minimum Gasteiger partial charge on any atom is -0.478 e. The van der Waals surface area contributed by atoms with E-state index in [1.165, 1.54) is 18.2 Å². The Balaban J connectivity index is 2.02. The largest absolute Gasteiger partial charge is 0.478 e. The van der Waals surface area contributed by atoms with Crippen LogP contribution in [0.2, 0.25) is 0 Å². The summed E-state index contributed by atoms with van der Waals surface area (Å²) in [5.41, 5.74) is 6.56. The van der Waals surface area contributed by atoms with E-state index in [-0.39, 0.29) is 47.8 Å². The maximum atomic E-state index is 13.1. The van der Waals surface area contributed by atoms with Gasteiger partial charge in [-0.2, -0.15) is 0 Å². The van der Waals surface area contributed by atoms with E-state index in [1.807, 2.05) is 60.7 Å². The SMILES string of the molecule is CC1=C(C(=O)O)C(CCC(c2ccccc2)c2ccccc2)(c2cccc([N+](=O)[O-])c2)C(C(=O)O)=C(C)N1CCN. The Kier molecular flexibility index (Phi) is 8.68. The predicted octanol–water partition coefficient (Wildman–Crippen LogP) is 5.44. The Morgan fingerprint density at radius 3 is 1.83 bits per heavy atom. The summed E-state index contributed by atoms with van der Waals surface area (Å²) in [5.74, 6) is -2.78. The number of non-ortho nitro benzene ring substituents is 1. The average Bonchev–Trinajstić information content (AvgIpc) is 2.96. The standard InChI is InChI=1S/C32H33N3O6/c1-21-28(30(36)37)32(25-14-9-15-26(20-25)35(40)41,29(31(38)39)22(2)34(21)19-18-33)17-16-27(23-10-5-3-6-11-23)24-12-7-4-8-13-24/h3-15,20,27H,16-19,33H2,1-2H3,(H,36,37)(H,38,39). The van der Waals surface area contributed by atoms with E-state index >= 15 is 0 Å². The molecule has 0 aromatic heterocycles. The van der Waals surface area contributed by atoms with E-state index in [1.54, 1.807) is 24.8 Å². The summed E-state index contributed by atoms with van der Waals surface area (Å²) in [6, 6.07) is 25.1. The summed E-state index contributed by atoms with van der Waals surface area (Å²) < 4.78 is 0. The number of aliphatic carboxylic acids is 2. The van der Waals surface area contributed by atoms with Crippen LogP contribution in [0.25, 0.3) is 0 Å². The van der Waals surface area contributed by atoms with Crippen LogP contribution >= 0.6 is 0 Å². The van der Waals surface area contributed by atoms with Gasteiger partial charge in [0.15, 0.2) is 0 Å². The Morgan fingerprint density at radius 1 is 0.878 bits per heavy atom. The van der Waals surface area contributed by atoms with Crippen molar-refractivity contribution in [1.82, 2.24) is 4.90 Å². The minimum absolute atomic E-state index is 0.0665. The molecule has 0 bridgehead atoms. The lowest BCUT2D eigenvalue weighted by Gasteiger charge is -2.45. The smallest absolute Gasteiger partial charge is 0.334 e. The zero-order valence-corrected chi connectivity index (χ0v) is 23.0. The molecular weight excluding hydrogens is 522 g/mol. The lowest BCUT2D eigenvalue weighted by molar-refractivity contribution is -0.385. The van der Waals surface area contributed by atoms with Gasteiger partial charge in [-0.3, -0.25) is 10.1 Å². The van der Waals surface area contributed by atoms with Gasteiger partial charge in [-0.05, 0) is 43.4 Å². The van der Waals surface area contributed by atoms with Crippen LogP contribution in [0, 0.1) is 10.1 Å². The van der Waals surface area contributed by atoms with Gasteiger partial charge < -0.3 is 20.8 Å². The second-order valence-corrected chi connectivity index (χ2v) is 10.1. The molecule has 0 fully saturated rings. The summed E-state index contributed by atoms with van der Waals surface area (Å²) >= 11 is 0. The number of allylic oxidation sites excluding steroid dienone is 2. The number of nitro benzene ring substituents is 1. The maximum absolute atomic E-state index is 13.1. The molecule has 9 nitrogen and oxygen atoms in total. The number of nitrogens with zero attached hydrogens (tertiary/aromatic N) is 2. The van der Waals surface area contributed by atoms with E-state index < -0.39 is 22.3 Å². The fraction of sp³-hybridized carbons (Fsp3) is 0.250. The minimum atomic E-state index is -1.69. The molecule has 0 saturated heterocycles. The van der Waals surface area contributed by atoms with Gasteiger partial charge in [-0.15, -0.1) is 0 Å². The van der Waals surface area contributed by atoms with Gasteiger partial charge in [0.25, 0.3) is 5.69 Å². The monoisotopic (exact) mass is 555 g/mol. The molecule has 4 rings (SSSR count). The van der Waals surface area contributed by atoms with Crippen LogP contribution in [0.3, 0.4) is 0 Å². The molecular formula is C32H33N3O6. The molecule has 0 radical (unpaired) electrons. The lowest BCUT2D eigenvalue weighted by atomic mass is 9.62. The van der Waals surface area contributed by atoms with Gasteiger partial charge in [0.2, 0.25) is 0 Å². The van der Waals surface area contributed by atoms with Crippen molar-refractivity contribution in [2.75, 3.05) is 13.1 Å². The highest BCUT2D eigenvalue weighted by molar-refractivity contribution is 6.00. The van der Waals surface area contributed by atoms with Crippen LogP contribution in [-0.2, 0) is 15.0 Å². The van der Waals surface area contributed by atoms with Gasteiger partial charge in [0.1, 0.15) is 0 Å². The third-order valence-corrected chi connectivity index (χ3v) is 7.93. The Hall–Kier alpha value is -4.76. The van der Waals surface area contributed by atoms with Crippen molar-refractivity contribution in [3.63, 3.8) is 0 Å². The van der Waals surface area contributed by atoms with Crippen molar-refractivity contribution in [3.05, 3.63) is 134 Å².